The van der Waals surface area contributed by atoms with Crippen LogP contribution in [0.2, 0.25) is 5.02 Å². The van der Waals surface area contributed by atoms with Crippen molar-refractivity contribution in [3.63, 3.8) is 0 Å². The summed E-state index contributed by atoms with van der Waals surface area (Å²) in [7, 11) is 1.85. The number of imidazole rings is 1. The first-order chi connectivity index (χ1) is 20.3. The Kier molecular flexibility index (Phi) is 7.33. The first-order valence-electron chi connectivity index (χ1n) is 13.6. The van der Waals surface area contributed by atoms with Crippen molar-refractivity contribution in [2.75, 3.05) is 5.32 Å². The number of aryl methyl sites for hydroxylation is 1. The second kappa shape index (κ2) is 11.2. The smallest absolute Gasteiger partial charge is 0.254 e. The van der Waals surface area contributed by atoms with E-state index in [1.54, 1.807) is 56.9 Å². The number of fused-ring (bicyclic) bond motifs is 4. The van der Waals surface area contributed by atoms with Crippen LogP contribution in [0.5, 0.6) is 0 Å². The third-order valence-corrected chi connectivity index (χ3v) is 7.93. The van der Waals surface area contributed by atoms with E-state index in [-0.39, 0.29) is 23.2 Å². The number of anilines is 1. The van der Waals surface area contributed by atoms with Crippen molar-refractivity contribution in [1.29, 1.82) is 5.26 Å². The predicted octanol–water partition coefficient (Wildman–Crippen LogP) is 4.56. The molecule has 4 aromatic heterocycles. The highest BCUT2D eigenvalue weighted by Crippen LogP contribution is 2.33. The molecule has 0 amide bonds. The molecule has 3 atom stereocenters. The molecule has 1 aliphatic heterocycles. The van der Waals surface area contributed by atoms with Gasteiger partial charge in [0, 0.05) is 47.6 Å². The number of benzene rings is 1. The van der Waals surface area contributed by atoms with Gasteiger partial charge >= 0.3 is 0 Å². The van der Waals surface area contributed by atoms with Gasteiger partial charge in [0.1, 0.15) is 18.6 Å². The van der Waals surface area contributed by atoms with E-state index in [9.17, 15) is 15.2 Å². The molecular weight excluding hydrogens is 554 g/mol. The van der Waals surface area contributed by atoms with Gasteiger partial charge in [0.25, 0.3) is 5.56 Å². The first kappa shape index (κ1) is 27.4. The van der Waals surface area contributed by atoms with Gasteiger partial charge < -0.3 is 15.0 Å². The number of hydrogen-bond acceptors (Lipinski definition) is 8. The maximum Gasteiger partial charge on any atom is 0.254 e. The van der Waals surface area contributed by atoms with E-state index < -0.39 is 6.23 Å². The Labute approximate surface area is 246 Å². The van der Waals surface area contributed by atoms with Crippen molar-refractivity contribution in [3.8, 4) is 34.3 Å². The van der Waals surface area contributed by atoms with Crippen LogP contribution in [0.3, 0.4) is 0 Å². The van der Waals surface area contributed by atoms with E-state index >= 15 is 0 Å². The lowest BCUT2D eigenvalue weighted by Gasteiger charge is -2.25. The predicted molar refractivity (Wildman–Crippen MR) is 158 cm³/mol. The molecule has 11 nitrogen and oxygen atoms in total. The number of pyridine rings is 1. The lowest BCUT2D eigenvalue weighted by Crippen LogP contribution is -2.29. The number of rotatable bonds is 3. The molecule has 6 rings (SSSR count). The quantitative estimate of drug-likeness (QED) is 0.316. The van der Waals surface area contributed by atoms with Gasteiger partial charge in [-0.15, -0.1) is 0 Å². The molecule has 5 heterocycles. The van der Waals surface area contributed by atoms with Gasteiger partial charge in [-0.25, -0.2) is 9.97 Å². The first-order valence-corrected chi connectivity index (χ1v) is 14.0. The Morgan fingerprint density at radius 1 is 1.12 bits per heavy atom. The Hall–Kier alpha value is -4.79. The molecule has 0 fully saturated rings. The van der Waals surface area contributed by atoms with Gasteiger partial charge in [0.05, 0.1) is 47.0 Å². The summed E-state index contributed by atoms with van der Waals surface area (Å²) in [6.07, 6.45) is 9.50. The fourth-order valence-corrected chi connectivity index (χ4v) is 5.60. The second-order valence-electron chi connectivity index (χ2n) is 10.5. The van der Waals surface area contributed by atoms with Crippen LogP contribution < -0.4 is 10.9 Å². The van der Waals surface area contributed by atoms with Crippen molar-refractivity contribution >= 4 is 17.3 Å². The second-order valence-corrected chi connectivity index (χ2v) is 10.9. The standard InChI is InChI=1S/C30H28ClN9O2/c1-18-4-3-5-27(24-10-19(8-9-33-24)29-25(37-30(18)42)14-36-38(29)2)40-17-35-23(12-28(40)41)22-11-20(31)6-7-26(22)39-15-21(13-32)34-16-39/h6-12,14-18,27,30,37,42H,3-5H2,1-2H3/t18-,27+,30?/m1/s1. The van der Waals surface area contributed by atoms with Crippen LogP contribution in [0.15, 0.2) is 72.4 Å². The van der Waals surface area contributed by atoms with E-state index in [1.807, 2.05) is 32.2 Å². The molecule has 1 aliphatic rings. The van der Waals surface area contributed by atoms with E-state index in [0.717, 1.165) is 35.5 Å². The summed E-state index contributed by atoms with van der Waals surface area (Å²) in [6, 6.07) is 12.3. The number of nitrogens with zero attached hydrogens (tertiary/aromatic N) is 8. The van der Waals surface area contributed by atoms with Crippen molar-refractivity contribution in [2.24, 2.45) is 13.0 Å². The Bertz CT molecular complexity index is 1870. The van der Waals surface area contributed by atoms with Gasteiger partial charge in [0.15, 0.2) is 5.69 Å². The maximum absolute atomic E-state index is 13.7. The van der Waals surface area contributed by atoms with E-state index in [0.29, 0.717) is 28.4 Å². The molecule has 1 aromatic carbocycles. The molecule has 12 heteroatoms. The van der Waals surface area contributed by atoms with Crippen LogP contribution in [0.4, 0.5) is 5.69 Å². The van der Waals surface area contributed by atoms with Crippen molar-refractivity contribution in [3.05, 3.63) is 94.4 Å². The van der Waals surface area contributed by atoms with E-state index in [2.05, 4.69) is 20.4 Å². The van der Waals surface area contributed by atoms with Crippen LogP contribution in [-0.2, 0) is 7.05 Å². The minimum absolute atomic E-state index is 0.0346. The lowest BCUT2D eigenvalue weighted by molar-refractivity contribution is 0.136. The minimum atomic E-state index is -0.748. The summed E-state index contributed by atoms with van der Waals surface area (Å²) in [5.74, 6) is -0.0346. The van der Waals surface area contributed by atoms with Gasteiger partial charge in [0.2, 0.25) is 0 Å². The summed E-state index contributed by atoms with van der Waals surface area (Å²) in [5.41, 5.74) is 4.93. The van der Waals surface area contributed by atoms with Crippen molar-refractivity contribution in [2.45, 2.75) is 38.5 Å². The Balaban J connectivity index is 1.43. The van der Waals surface area contributed by atoms with Gasteiger partial charge in [-0.3, -0.25) is 19.0 Å². The lowest BCUT2D eigenvalue weighted by atomic mass is 9.96. The largest absolute Gasteiger partial charge is 0.374 e. The Morgan fingerprint density at radius 2 is 1.98 bits per heavy atom. The fraction of sp³-hybridized carbons (Fsp3) is 0.267. The zero-order valence-electron chi connectivity index (χ0n) is 23.0. The highest BCUT2D eigenvalue weighted by atomic mass is 35.5. The molecular formula is C30H28ClN9O2. The van der Waals surface area contributed by atoms with Crippen molar-refractivity contribution in [1.82, 2.24) is 33.9 Å². The number of aliphatic hydroxyl groups excluding tert-OH is 1. The normalized spacial score (nSPS) is 18.7. The number of nitrogens with one attached hydrogen (secondary N) is 1. The number of nitriles is 1. The van der Waals surface area contributed by atoms with Crippen LogP contribution in [0.1, 0.15) is 43.6 Å². The zero-order chi connectivity index (χ0) is 29.4. The molecule has 0 spiro atoms. The number of hydrogen-bond donors (Lipinski definition) is 2. The summed E-state index contributed by atoms with van der Waals surface area (Å²) in [5, 5.41) is 28.2. The average molecular weight is 582 g/mol. The fourth-order valence-electron chi connectivity index (χ4n) is 5.43. The van der Waals surface area contributed by atoms with E-state index in [4.69, 9.17) is 16.6 Å². The van der Waals surface area contributed by atoms with E-state index in [1.165, 1.54) is 12.4 Å². The topological polar surface area (TPSA) is 139 Å². The third-order valence-electron chi connectivity index (χ3n) is 7.70. The van der Waals surface area contributed by atoms with Crippen LogP contribution in [0, 0.1) is 17.2 Å². The summed E-state index contributed by atoms with van der Waals surface area (Å²) in [4.78, 5) is 27.2. The molecule has 5 aromatic rings. The average Bonchev–Trinajstić information content (AvgIpc) is 3.61. The zero-order valence-corrected chi connectivity index (χ0v) is 23.8. The number of halogens is 1. The molecule has 1 unspecified atom stereocenters. The SMILES string of the molecule is C[C@@H]1CCC[C@H](n2cnc(-c3cc(Cl)ccc3-n3cnc(C#N)c3)cc2=O)c2cc(ccn2)-c2c(cnn2C)NC1O. The molecule has 0 saturated heterocycles. The summed E-state index contributed by atoms with van der Waals surface area (Å²) < 4.78 is 5.07. The van der Waals surface area contributed by atoms with Gasteiger partial charge in [-0.05, 0) is 43.2 Å². The molecule has 212 valence electrons. The number of aromatic nitrogens is 7. The highest BCUT2D eigenvalue weighted by Gasteiger charge is 2.24. The molecule has 0 radical (unpaired) electrons. The van der Waals surface area contributed by atoms with Gasteiger partial charge in [-0.1, -0.05) is 24.9 Å². The van der Waals surface area contributed by atoms with Crippen LogP contribution in [0.25, 0.3) is 28.2 Å². The minimum Gasteiger partial charge on any atom is -0.374 e. The van der Waals surface area contributed by atoms with Crippen LogP contribution >= 0.6 is 11.6 Å². The third kappa shape index (κ3) is 5.18. The Morgan fingerprint density at radius 3 is 2.76 bits per heavy atom. The molecule has 2 N–H and O–H groups in total. The maximum atomic E-state index is 13.7. The highest BCUT2D eigenvalue weighted by molar-refractivity contribution is 6.31. The monoisotopic (exact) mass is 581 g/mol. The number of aliphatic hydroxyl groups is 1. The van der Waals surface area contributed by atoms with Crippen molar-refractivity contribution < 1.29 is 5.11 Å². The molecule has 0 aliphatic carbocycles. The summed E-state index contributed by atoms with van der Waals surface area (Å²) >= 11 is 6.34. The molecule has 42 heavy (non-hydrogen) atoms. The molecule has 2 bridgehead atoms. The van der Waals surface area contributed by atoms with Crippen LogP contribution in [-0.4, -0.2) is 45.2 Å². The summed E-state index contributed by atoms with van der Waals surface area (Å²) in [6.45, 7) is 2.00. The molecule has 0 saturated carbocycles. The van der Waals surface area contributed by atoms with Gasteiger partial charge in [-0.2, -0.15) is 10.4 Å².